The third-order valence-electron chi connectivity index (χ3n) is 6.68. The van der Waals surface area contributed by atoms with E-state index in [-0.39, 0.29) is 11.1 Å². The van der Waals surface area contributed by atoms with Crippen molar-refractivity contribution in [1.29, 1.82) is 0 Å². The zero-order valence-electron chi connectivity index (χ0n) is 21.3. The van der Waals surface area contributed by atoms with Crippen molar-refractivity contribution in [3.63, 3.8) is 0 Å². The summed E-state index contributed by atoms with van der Waals surface area (Å²) in [6.45, 7) is 4.46. The van der Waals surface area contributed by atoms with Crippen LogP contribution in [0, 0.1) is 0 Å². The number of carbonyl (C=O) groups is 2. The van der Waals surface area contributed by atoms with Crippen LogP contribution in [0.1, 0.15) is 155 Å². The van der Waals surface area contributed by atoms with E-state index in [1.165, 1.54) is 89.5 Å². The van der Waals surface area contributed by atoms with Crippen LogP contribution in [-0.2, 0) is 12.8 Å². The summed E-state index contributed by atoms with van der Waals surface area (Å²) >= 11 is 0. The van der Waals surface area contributed by atoms with Crippen LogP contribution in [0.5, 0.6) is 0 Å². The van der Waals surface area contributed by atoms with E-state index in [9.17, 15) is 19.8 Å². The molecule has 188 valence electrons. The highest BCUT2D eigenvalue weighted by atomic mass is 16.4. The van der Waals surface area contributed by atoms with E-state index in [2.05, 4.69) is 13.8 Å². The average molecular weight is 461 g/mol. The largest absolute Gasteiger partial charge is 0.478 e. The smallest absolute Gasteiger partial charge is 0.336 e. The minimum absolute atomic E-state index is 0.0128. The zero-order valence-corrected chi connectivity index (χ0v) is 21.3. The first-order chi connectivity index (χ1) is 16.0. The molecule has 0 aliphatic heterocycles. The van der Waals surface area contributed by atoms with Crippen molar-refractivity contribution in [1.82, 2.24) is 0 Å². The first-order valence-corrected chi connectivity index (χ1v) is 13.6. The Hall–Kier alpha value is -1.84. The van der Waals surface area contributed by atoms with Gasteiger partial charge in [0, 0.05) is 0 Å². The van der Waals surface area contributed by atoms with Gasteiger partial charge in [0.1, 0.15) is 0 Å². The lowest BCUT2D eigenvalue weighted by Crippen LogP contribution is -2.14. The van der Waals surface area contributed by atoms with Crippen LogP contribution in [0.3, 0.4) is 0 Å². The first kappa shape index (κ1) is 29.2. The molecule has 0 heterocycles. The molecule has 0 fully saturated rings. The highest BCUT2D eigenvalue weighted by Gasteiger charge is 2.22. The Morgan fingerprint density at radius 1 is 0.576 bits per heavy atom. The predicted octanol–water partition coefficient (Wildman–Crippen LogP) is 8.84. The normalized spacial score (nSPS) is 11.1. The van der Waals surface area contributed by atoms with E-state index in [1.54, 1.807) is 0 Å². The van der Waals surface area contributed by atoms with E-state index < -0.39 is 11.9 Å². The maximum absolute atomic E-state index is 12.0. The molecule has 0 unspecified atom stereocenters. The van der Waals surface area contributed by atoms with E-state index in [0.717, 1.165) is 43.2 Å². The van der Waals surface area contributed by atoms with Gasteiger partial charge >= 0.3 is 11.9 Å². The van der Waals surface area contributed by atoms with Gasteiger partial charge in [0.15, 0.2) is 0 Å². The number of aromatic carboxylic acids is 2. The van der Waals surface area contributed by atoms with Crippen LogP contribution in [0.4, 0.5) is 0 Å². The highest BCUT2D eigenvalue weighted by molar-refractivity contribution is 6.03. The molecule has 0 bridgehead atoms. The summed E-state index contributed by atoms with van der Waals surface area (Å²) in [6, 6.07) is 3.35. The molecule has 33 heavy (non-hydrogen) atoms. The van der Waals surface area contributed by atoms with Crippen LogP contribution < -0.4 is 0 Å². The van der Waals surface area contributed by atoms with Gasteiger partial charge in [-0.25, -0.2) is 9.59 Å². The second-order valence-electron chi connectivity index (χ2n) is 9.54. The van der Waals surface area contributed by atoms with Crippen LogP contribution >= 0.6 is 0 Å². The van der Waals surface area contributed by atoms with Gasteiger partial charge in [-0.1, -0.05) is 116 Å². The SMILES string of the molecule is CCCCCCCCCCCc1ccc(C(=O)O)c(C(=O)O)c1CCCCCCCCCC. The number of hydrogen-bond donors (Lipinski definition) is 2. The molecular formula is C29H48O4. The third-order valence-corrected chi connectivity index (χ3v) is 6.68. The van der Waals surface area contributed by atoms with Crippen LogP contribution in [0.2, 0.25) is 0 Å². The minimum atomic E-state index is -1.15. The van der Waals surface area contributed by atoms with Crippen molar-refractivity contribution in [3.8, 4) is 0 Å². The van der Waals surface area contributed by atoms with E-state index in [0.29, 0.717) is 6.42 Å². The monoisotopic (exact) mass is 460 g/mol. The molecule has 0 saturated carbocycles. The van der Waals surface area contributed by atoms with Crippen molar-refractivity contribution >= 4 is 11.9 Å². The van der Waals surface area contributed by atoms with Gasteiger partial charge in [0.2, 0.25) is 0 Å². The molecule has 0 saturated heterocycles. The molecule has 0 aliphatic rings. The molecule has 4 nitrogen and oxygen atoms in total. The number of benzene rings is 1. The fraction of sp³-hybridized carbons (Fsp3) is 0.724. The van der Waals surface area contributed by atoms with Gasteiger partial charge in [-0.15, -0.1) is 0 Å². The summed E-state index contributed by atoms with van der Waals surface area (Å²) in [4.78, 5) is 23.6. The Labute approximate surface area is 202 Å². The first-order valence-electron chi connectivity index (χ1n) is 13.6. The number of rotatable bonds is 21. The number of unbranched alkanes of at least 4 members (excludes halogenated alkanes) is 15. The molecule has 2 N–H and O–H groups in total. The number of carboxylic acid groups (broad SMARTS) is 2. The fourth-order valence-electron chi connectivity index (χ4n) is 4.70. The highest BCUT2D eigenvalue weighted by Crippen LogP contribution is 2.25. The fourth-order valence-corrected chi connectivity index (χ4v) is 4.70. The second-order valence-corrected chi connectivity index (χ2v) is 9.54. The summed E-state index contributed by atoms with van der Waals surface area (Å²) in [6.07, 6.45) is 22.2. The Morgan fingerprint density at radius 2 is 1.00 bits per heavy atom. The lowest BCUT2D eigenvalue weighted by molar-refractivity contribution is 0.0650. The Kier molecular flexibility index (Phi) is 16.4. The molecule has 4 heteroatoms. The van der Waals surface area contributed by atoms with Crippen LogP contribution in [-0.4, -0.2) is 22.2 Å². The molecule has 0 aliphatic carbocycles. The van der Waals surface area contributed by atoms with Crippen molar-refractivity contribution in [3.05, 3.63) is 34.4 Å². The van der Waals surface area contributed by atoms with Crippen molar-refractivity contribution in [2.75, 3.05) is 0 Å². The summed E-state index contributed by atoms with van der Waals surface area (Å²) in [5, 5.41) is 19.3. The molecule has 0 radical (unpaired) electrons. The average Bonchev–Trinajstić information content (AvgIpc) is 2.79. The van der Waals surface area contributed by atoms with Gasteiger partial charge in [0.05, 0.1) is 11.1 Å². The minimum Gasteiger partial charge on any atom is -0.478 e. The summed E-state index contributed by atoms with van der Waals surface area (Å²) in [5.41, 5.74) is 1.73. The topological polar surface area (TPSA) is 74.6 Å². The predicted molar refractivity (Wildman–Crippen MR) is 138 cm³/mol. The lowest BCUT2D eigenvalue weighted by Gasteiger charge is -2.15. The van der Waals surface area contributed by atoms with Crippen molar-refractivity contribution in [2.45, 2.75) is 136 Å². The standard InChI is InChI=1S/C29H48O4/c1-3-5-7-9-11-13-14-16-18-20-24-22-23-26(28(30)31)27(29(32)33)25(24)21-19-17-15-12-10-8-6-4-2/h22-23H,3-21H2,1-2H3,(H,30,31)(H,32,33). The van der Waals surface area contributed by atoms with Gasteiger partial charge in [-0.05, 0) is 42.9 Å². The van der Waals surface area contributed by atoms with Gasteiger partial charge < -0.3 is 10.2 Å². The van der Waals surface area contributed by atoms with E-state index in [1.807, 2.05) is 6.07 Å². The molecule has 1 aromatic rings. The maximum Gasteiger partial charge on any atom is 0.336 e. The summed E-state index contributed by atoms with van der Waals surface area (Å²) in [5.74, 6) is -2.27. The van der Waals surface area contributed by atoms with E-state index in [4.69, 9.17) is 0 Å². The number of carboxylic acids is 2. The van der Waals surface area contributed by atoms with Crippen LogP contribution in [0.15, 0.2) is 12.1 Å². The zero-order chi connectivity index (χ0) is 24.3. The van der Waals surface area contributed by atoms with Gasteiger partial charge in [-0.3, -0.25) is 0 Å². The molecule has 1 aromatic carbocycles. The lowest BCUT2D eigenvalue weighted by atomic mass is 9.89. The molecule has 0 aromatic heterocycles. The Bertz CT molecular complexity index is 680. The number of hydrogen-bond acceptors (Lipinski definition) is 2. The molecule has 0 spiro atoms. The van der Waals surface area contributed by atoms with Gasteiger partial charge in [-0.2, -0.15) is 0 Å². The summed E-state index contributed by atoms with van der Waals surface area (Å²) < 4.78 is 0. The van der Waals surface area contributed by atoms with E-state index >= 15 is 0 Å². The molecule has 0 amide bonds. The number of aryl methyl sites for hydroxylation is 1. The molecule has 0 atom stereocenters. The van der Waals surface area contributed by atoms with Crippen molar-refractivity contribution < 1.29 is 19.8 Å². The summed E-state index contributed by atoms with van der Waals surface area (Å²) in [7, 11) is 0. The van der Waals surface area contributed by atoms with Crippen molar-refractivity contribution in [2.24, 2.45) is 0 Å². The van der Waals surface area contributed by atoms with Crippen LogP contribution in [0.25, 0.3) is 0 Å². The molecule has 1 rings (SSSR count). The quantitative estimate of drug-likeness (QED) is 0.180. The second kappa shape index (κ2) is 18.6. The Morgan fingerprint density at radius 3 is 1.42 bits per heavy atom. The maximum atomic E-state index is 12.0. The van der Waals surface area contributed by atoms with Gasteiger partial charge in [0.25, 0.3) is 0 Å². The Balaban J connectivity index is 2.63. The molecular weight excluding hydrogens is 412 g/mol. The third kappa shape index (κ3) is 12.3.